The number of fused-ring (bicyclic) bond motifs is 1. The molecule has 2 amide bonds. The molecule has 3 aromatic rings. The van der Waals surface area contributed by atoms with Gasteiger partial charge in [-0.05, 0) is 57.1 Å². The quantitative estimate of drug-likeness (QED) is 0.264. The van der Waals surface area contributed by atoms with Crippen LogP contribution in [0, 0.1) is 0 Å². The third kappa shape index (κ3) is 6.29. The van der Waals surface area contributed by atoms with Gasteiger partial charge in [0.2, 0.25) is 5.91 Å². The van der Waals surface area contributed by atoms with E-state index >= 15 is 0 Å². The van der Waals surface area contributed by atoms with E-state index in [4.69, 9.17) is 21.7 Å². The zero-order chi connectivity index (χ0) is 22.9. The molecule has 164 valence electrons. The van der Waals surface area contributed by atoms with Crippen LogP contribution in [-0.4, -0.2) is 30.6 Å². The lowest BCUT2D eigenvalue weighted by atomic mass is 10.1. The van der Waals surface area contributed by atoms with Crippen LogP contribution in [0.15, 0.2) is 71.2 Å². The minimum atomic E-state index is -0.466. The summed E-state index contributed by atoms with van der Waals surface area (Å²) in [4.78, 5) is 24.1. The molecule has 0 fully saturated rings. The standard InChI is InChI=1S/C23H20BrN3O4S/c1-30-18-9-5-3-7-16(18)11-13-20(28)25-23(32)27-26-21(29)14-31-19-12-10-15-6-2-4-8-17(15)22(19)24/h2-13H,14H2,1H3,(H,26,29)(H2,25,27,28,32)/b13-11+. The molecule has 0 saturated carbocycles. The van der Waals surface area contributed by atoms with Crippen molar-refractivity contribution in [1.82, 2.24) is 16.2 Å². The molecule has 3 N–H and O–H groups in total. The normalized spacial score (nSPS) is 10.6. The zero-order valence-corrected chi connectivity index (χ0v) is 19.5. The van der Waals surface area contributed by atoms with Crippen LogP contribution in [0.4, 0.5) is 0 Å². The third-order valence-corrected chi connectivity index (χ3v) is 5.31. The second-order valence-corrected chi connectivity index (χ2v) is 7.66. The maximum Gasteiger partial charge on any atom is 0.276 e. The van der Waals surface area contributed by atoms with Crippen LogP contribution in [-0.2, 0) is 9.59 Å². The average molecular weight is 514 g/mol. The molecule has 9 heteroatoms. The van der Waals surface area contributed by atoms with Crippen LogP contribution in [0.5, 0.6) is 11.5 Å². The van der Waals surface area contributed by atoms with Gasteiger partial charge in [-0.15, -0.1) is 0 Å². The number of carbonyl (C=O) groups excluding carboxylic acids is 2. The van der Waals surface area contributed by atoms with Gasteiger partial charge >= 0.3 is 0 Å². The summed E-state index contributed by atoms with van der Waals surface area (Å²) < 4.78 is 11.6. The fraction of sp³-hybridized carbons (Fsp3) is 0.0870. The monoisotopic (exact) mass is 513 g/mol. The first-order valence-electron chi connectivity index (χ1n) is 9.49. The predicted molar refractivity (Wildman–Crippen MR) is 131 cm³/mol. The number of amides is 2. The molecule has 0 aliphatic heterocycles. The molecule has 0 bridgehead atoms. The van der Waals surface area contributed by atoms with Crippen molar-refractivity contribution >= 4 is 61.9 Å². The summed E-state index contributed by atoms with van der Waals surface area (Å²) in [6.07, 6.45) is 2.92. The van der Waals surface area contributed by atoms with Gasteiger partial charge in [-0.3, -0.25) is 25.8 Å². The van der Waals surface area contributed by atoms with E-state index < -0.39 is 11.8 Å². The first kappa shape index (κ1) is 23.2. The molecule has 0 saturated heterocycles. The fourth-order valence-corrected chi connectivity index (χ4v) is 3.54. The third-order valence-electron chi connectivity index (χ3n) is 4.29. The molecule has 0 radical (unpaired) electrons. The zero-order valence-electron chi connectivity index (χ0n) is 17.1. The van der Waals surface area contributed by atoms with Gasteiger partial charge < -0.3 is 9.47 Å². The van der Waals surface area contributed by atoms with Crippen molar-refractivity contribution in [1.29, 1.82) is 0 Å². The minimum Gasteiger partial charge on any atom is -0.496 e. The lowest BCUT2D eigenvalue weighted by Gasteiger charge is -2.12. The van der Waals surface area contributed by atoms with E-state index in [1.807, 2.05) is 48.5 Å². The summed E-state index contributed by atoms with van der Waals surface area (Å²) in [5, 5.41) is 4.42. The maximum absolute atomic E-state index is 12.0. The van der Waals surface area contributed by atoms with Gasteiger partial charge in [-0.25, -0.2) is 0 Å². The molecule has 0 aliphatic carbocycles. The smallest absolute Gasteiger partial charge is 0.276 e. The van der Waals surface area contributed by atoms with Crippen molar-refractivity contribution in [3.8, 4) is 11.5 Å². The summed E-state index contributed by atoms with van der Waals surface area (Å²) in [6.45, 7) is -0.242. The molecule has 32 heavy (non-hydrogen) atoms. The first-order valence-corrected chi connectivity index (χ1v) is 10.7. The average Bonchev–Trinajstić information content (AvgIpc) is 2.81. The van der Waals surface area contributed by atoms with E-state index in [0.29, 0.717) is 11.5 Å². The van der Waals surface area contributed by atoms with Crippen molar-refractivity contribution in [3.63, 3.8) is 0 Å². The Morgan fingerprint density at radius 2 is 1.75 bits per heavy atom. The Labute approximate surface area is 198 Å². The van der Waals surface area contributed by atoms with E-state index in [0.717, 1.165) is 20.8 Å². The Morgan fingerprint density at radius 1 is 1.00 bits per heavy atom. The first-order chi connectivity index (χ1) is 15.5. The van der Waals surface area contributed by atoms with Crippen LogP contribution in [0.3, 0.4) is 0 Å². The van der Waals surface area contributed by atoms with Crippen LogP contribution in [0.1, 0.15) is 5.56 Å². The van der Waals surface area contributed by atoms with Crippen molar-refractivity contribution in [2.75, 3.05) is 13.7 Å². The summed E-state index contributed by atoms with van der Waals surface area (Å²) in [6, 6.07) is 18.8. The summed E-state index contributed by atoms with van der Waals surface area (Å²) in [5.41, 5.74) is 5.59. The second kappa shape index (κ2) is 11.3. The minimum absolute atomic E-state index is 0.0556. The fourth-order valence-electron chi connectivity index (χ4n) is 2.79. The number of hydrogen-bond acceptors (Lipinski definition) is 5. The van der Waals surface area contributed by atoms with Crippen LogP contribution < -0.4 is 25.6 Å². The van der Waals surface area contributed by atoms with Gasteiger partial charge in [0, 0.05) is 11.6 Å². The number of hydrazine groups is 1. The highest BCUT2D eigenvalue weighted by molar-refractivity contribution is 9.10. The number of thiocarbonyl (C=S) groups is 1. The Kier molecular flexibility index (Phi) is 8.18. The lowest BCUT2D eigenvalue weighted by molar-refractivity contribution is -0.123. The number of ether oxygens (including phenoxy) is 2. The number of carbonyl (C=O) groups is 2. The molecular weight excluding hydrogens is 494 g/mol. The van der Waals surface area contributed by atoms with Crippen molar-refractivity contribution in [2.24, 2.45) is 0 Å². The van der Waals surface area contributed by atoms with E-state index in [1.165, 1.54) is 6.08 Å². The largest absolute Gasteiger partial charge is 0.496 e. The van der Waals surface area contributed by atoms with Gasteiger partial charge in [0.1, 0.15) is 11.5 Å². The number of methoxy groups -OCH3 is 1. The van der Waals surface area contributed by atoms with Crippen LogP contribution >= 0.6 is 28.1 Å². The van der Waals surface area contributed by atoms with Gasteiger partial charge in [0.15, 0.2) is 11.7 Å². The highest BCUT2D eigenvalue weighted by Crippen LogP contribution is 2.32. The topological polar surface area (TPSA) is 88.7 Å². The van der Waals surface area contributed by atoms with Crippen molar-refractivity contribution in [2.45, 2.75) is 0 Å². The number of nitrogens with one attached hydrogen (secondary N) is 3. The molecule has 0 atom stereocenters. The van der Waals surface area contributed by atoms with Gasteiger partial charge in [0.05, 0.1) is 11.6 Å². The summed E-state index contributed by atoms with van der Waals surface area (Å²) >= 11 is 8.52. The lowest BCUT2D eigenvalue weighted by Crippen LogP contribution is -2.49. The van der Waals surface area contributed by atoms with Crippen LogP contribution in [0.2, 0.25) is 0 Å². The number of halogens is 1. The number of benzene rings is 3. The Bertz CT molecular complexity index is 1180. The molecular formula is C23H20BrN3O4S. The SMILES string of the molecule is COc1ccccc1/C=C/C(=O)NC(=S)NNC(=O)COc1ccc2ccccc2c1Br. The Balaban J connectivity index is 1.44. The number of para-hydroxylation sites is 1. The van der Waals surface area contributed by atoms with Gasteiger partial charge in [0.25, 0.3) is 5.91 Å². The molecule has 7 nitrogen and oxygen atoms in total. The molecule has 0 aliphatic rings. The maximum atomic E-state index is 12.0. The van der Waals surface area contributed by atoms with Crippen molar-refractivity contribution < 1.29 is 19.1 Å². The Morgan fingerprint density at radius 3 is 2.56 bits per heavy atom. The molecule has 0 spiro atoms. The van der Waals surface area contributed by atoms with E-state index in [2.05, 4.69) is 32.1 Å². The van der Waals surface area contributed by atoms with Crippen LogP contribution in [0.25, 0.3) is 16.8 Å². The summed E-state index contributed by atoms with van der Waals surface area (Å²) in [7, 11) is 1.55. The predicted octanol–water partition coefficient (Wildman–Crippen LogP) is 3.73. The number of hydrogen-bond donors (Lipinski definition) is 3. The molecule has 0 aromatic heterocycles. The number of rotatable bonds is 6. The van der Waals surface area contributed by atoms with Crippen molar-refractivity contribution in [3.05, 3.63) is 76.8 Å². The van der Waals surface area contributed by atoms with E-state index in [9.17, 15) is 9.59 Å². The van der Waals surface area contributed by atoms with E-state index in [1.54, 1.807) is 25.3 Å². The summed E-state index contributed by atoms with van der Waals surface area (Å²) in [5.74, 6) is 0.254. The molecule has 3 rings (SSSR count). The molecule has 3 aromatic carbocycles. The Hall–Kier alpha value is -3.43. The highest BCUT2D eigenvalue weighted by Gasteiger charge is 2.09. The van der Waals surface area contributed by atoms with E-state index in [-0.39, 0.29) is 11.7 Å². The van der Waals surface area contributed by atoms with Gasteiger partial charge in [-0.2, -0.15) is 0 Å². The van der Waals surface area contributed by atoms with Gasteiger partial charge in [-0.1, -0.05) is 48.5 Å². The molecule has 0 heterocycles. The molecule has 0 unspecified atom stereocenters. The highest BCUT2D eigenvalue weighted by atomic mass is 79.9. The second-order valence-electron chi connectivity index (χ2n) is 6.45.